The van der Waals surface area contributed by atoms with Gasteiger partial charge in [0.25, 0.3) is 0 Å². The van der Waals surface area contributed by atoms with E-state index in [2.05, 4.69) is 10.3 Å². The first kappa shape index (κ1) is 26.1. The number of hydrogen-bond acceptors (Lipinski definition) is 6. The Morgan fingerprint density at radius 2 is 1.84 bits per heavy atom. The van der Waals surface area contributed by atoms with E-state index in [-0.39, 0.29) is 30.7 Å². The van der Waals surface area contributed by atoms with Gasteiger partial charge in [0.05, 0.1) is 30.4 Å². The number of amides is 2. The van der Waals surface area contributed by atoms with E-state index in [0.717, 1.165) is 27.9 Å². The predicted octanol–water partition coefficient (Wildman–Crippen LogP) is 2.20. The molecule has 5 rings (SSSR count). The van der Waals surface area contributed by atoms with Crippen LogP contribution in [0.2, 0.25) is 0 Å². The molecule has 1 saturated heterocycles. The monoisotopic (exact) mass is 517 g/mol. The summed E-state index contributed by atoms with van der Waals surface area (Å²) in [4.78, 5) is 34.5. The minimum Gasteiger partial charge on any atom is -0.391 e. The van der Waals surface area contributed by atoms with Gasteiger partial charge in [0, 0.05) is 33.1 Å². The highest BCUT2D eigenvalue weighted by Gasteiger charge is 2.46. The van der Waals surface area contributed by atoms with Crippen molar-refractivity contribution in [2.45, 2.75) is 57.8 Å². The molecule has 2 amide bonds. The van der Waals surface area contributed by atoms with Crippen molar-refractivity contribution in [1.82, 2.24) is 24.7 Å². The highest BCUT2D eigenvalue weighted by molar-refractivity contribution is 5.90. The zero-order valence-corrected chi connectivity index (χ0v) is 22.0. The van der Waals surface area contributed by atoms with Gasteiger partial charge in [0.15, 0.2) is 0 Å². The minimum atomic E-state index is -0.892. The third kappa shape index (κ3) is 4.97. The number of nitrogens with one attached hydrogen (secondary N) is 1. The van der Waals surface area contributed by atoms with Crippen LogP contribution in [-0.2, 0) is 29.7 Å². The molecule has 2 aliphatic heterocycles. The van der Waals surface area contributed by atoms with Crippen molar-refractivity contribution in [3.05, 3.63) is 77.7 Å². The molecule has 0 radical (unpaired) electrons. The molecular weight excluding hydrogens is 482 g/mol. The fourth-order valence-electron chi connectivity index (χ4n) is 5.66. The van der Waals surface area contributed by atoms with E-state index in [0.29, 0.717) is 13.1 Å². The highest BCUT2D eigenvalue weighted by atomic mass is 16.3. The van der Waals surface area contributed by atoms with Crippen LogP contribution in [0.5, 0.6) is 0 Å². The minimum absolute atomic E-state index is 0.0937. The third-order valence-corrected chi connectivity index (χ3v) is 7.64. The Labute approximate surface area is 222 Å². The number of β-amino-alcohol motifs (C(OH)–C–C–N with tert-alkyl or cyclic N) is 1. The van der Waals surface area contributed by atoms with Crippen molar-refractivity contribution >= 4 is 11.8 Å². The van der Waals surface area contributed by atoms with Crippen LogP contribution in [0.15, 0.2) is 61.1 Å². The molecule has 9 nitrogen and oxygen atoms in total. The van der Waals surface area contributed by atoms with E-state index >= 15 is 0 Å². The summed E-state index contributed by atoms with van der Waals surface area (Å²) < 4.78 is 1.94. The van der Waals surface area contributed by atoms with Crippen LogP contribution < -0.4 is 5.32 Å². The van der Waals surface area contributed by atoms with Crippen LogP contribution in [0.4, 0.5) is 0 Å². The number of rotatable bonds is 7. The summed E-state index contributed by atoms with van der Waals surface area (Å²) in [6.07, 6.45) is 2.07. The Morgan fingerprint density at radius 1 is 1.11 bits per heavy atom. The van der Waals surface area contributed by atoms with Gasteiger partial charge in [0.2, 0.25) is 11.8 Å². The molecule has 1 unspecified atom stereocenters. The van der Waals surface area contributed by atoms with E-state index < -0.39 is 24.4 Å². The number of likely N-dealkylation sites (tertiary alicyclic amines) is 1. The maximum atomic E-state index is 13.9. The summed E-state index contributed by atoms with van der Waals surface area (Å²) in [5, 5.41) is 24.4. The smallest absolute Gasteiger partial charge is 0.243 e. The van der Waals surface area contributed by atoms with E-state index in [4.69, 9.17) is 0 Å². The van der Waals surface area contributed by atoms with Gasteiger partial charge in [-0.1, -0.05) is 62.4 Å². The lowest BCUT2D eigenvalue weighted by Crippen LogP contribution is -2.54. The van der Waals surface area contributed by atoms with Gasteiger partial charge in [-0.2, -0.15) is 0 Å². The number of aliphatic hydroxyl groups is 2. The lowest BCUT2D eigenvalue weighted by molar-refractivity contribution is -0.149. The molecule has 3 aromatic rings. The van der Waals surface area contributed by atoms with Gasteiger partial charge in [-0.05, 0) is 28.2 Å². The maximum absolute atomic E-state index is 13.9. The molecule has 38 heavy (non-hydrogen) atoms. The standard InChI is InChI=1S/C29H35N5O4/c1-18(2)26(34-15-21-6-4-5-7-23(21)28(34)37)29(38)33-16-22(35)12-24(33)27(36)31-13-19-8-10-20(11-9-19)25-14-30-17-32(25)3/h4-11,14,17-18,22,24,26,28,35,37H,12-13,15-16H2,1-3H3,(H,31,36)/t22-,24+,26+,28?/m1/s1. The first-order valence-corrected chi connectivity index (χ1v) is 13.1. The van der Waals surface area contributed by atoms with Crippen molar-refractivity contribution in [3.63, 3.8) is 0 Å². The molecule has 9 heteroatoms. The van der Waals surface area contributed by atoms with E-state index in [1.807, 2.05) is 74.0 Å². The molecule has 0 saturated carbocycles. The summed E-state index contributed by atoms with van der Waals surface area (Å²) in [6, 6.07) is 14.1. The fraction of sp³-hybridized carbons (Fsp3) is 0.414. The summed E-state index contributed by atoms with van der Waals surface area (Å²) >= 11 is 0. The highest BCUT2D eigenvalue weighted by Crippen LogP contribution is 2.36. The van der Waals surface area contributed by atoms with Gasteiger partial charge in [-0.15, -0.1) is 0 Å². The number of benzene rings is 2. The van der Waals surface area contributed by atoms with Crippen molar-refractivity contribution in [3.8, 4) is 11.3 Å². The normalized spacial score (nSPS) is 22.1. The average molecular weight is 518 g/mol. The Kier molecular flexibility index (Phi) is 7.34. The molecule has 4 atom stereocenters. The van der Waals surface area contributed by atoms with Crippen LogP contribution in [0.1, 0.15) is 43.2 Å². The number of imidazole rings is 1. The number of carbonyl (C=O) groups is 2. The quantitative estimate of drug-likeness (QED) is 0.443. The molecule has 200 valence electrons. The summed E-state index contributed by atoms with van der Waals surface area (Å²) in [6.45, 7) is 4.74. The summed E-state index contributed by atoms with van der Waals surface area (Å²) in [5.41, 5.74) is 4.75. The topological polar surface area (TPSA) is 111 Å². The van der Waals surface area contributed by atoms with Crippen molar-refractivity contribution < 1.29 is 19.8 Å². The molecule has 2 aromatic carbocycles. The van der Waals surface area contributed by atoms with E-state index in [1.54, 1.807) is 17.4 Å². The van der Waals surface area contributed by atoms with Crippen molar-refractivity contribution in [2.24, 2.45) is 13.0 Å². The zero-order valence-electron chi connectivity index (χ0n) is 22.0. The summed E-state index contributed by atoms with van der Waals surface area (Å²) in [7, 11) is 1.94. The van der Waals surface area contributed by atoms with Crippen LogP contribution in [0, 0.1) is 5.92 Å². The molecular formula is C29H35N5O4. The SMILES string of the molecule is CC(C)[C@@H](C(=O)N1C[C@H](O)C[C@H]1C(=O)NCc1ccc(-c2cncn2C)cc1)N1Cc2ccccc2C1O. The Morgan fingerprint density at radius 3 is 2.50 bits per heavy atom. The van der Waals surface area contributed by atoms with Crippen LogP contribution in [-0.4, -0.2) is 66.1 Å². The molecule has 1 fully saturated rings. The number of nitrogens with zero attached hydrogens (tertiary/aromatic N) is 4. The van der Waals surface area contributed by atoms with Gasteiger partial charge in [-0.3, -0.25) is 14.5 Å². The van der Waals surface area contributed by atoms with Gasteiger partial charge in [0.1, 0.15) is 12.3 Å². The number of aromatic nitrogens is 2. The van der Waals surface area contributed by atoms with Crippen LogP contribution >= 0.6 is 0 Å². The fourth-order valence-corrected chi connectivity index (χ4v) is 5.66. The molecule has 0 bridgehead atoms. The Bertz CT molecular complexity index is 1300. The van der Waals surface area contributed by atoms with E-state index in [9.17, 15) is 19.8 Å². The second kappa shape index (κ2) is 10.7. The molecule has 0 spiro atoms. The van der Waals surface area contributed by atoms with Gasteiger partial charge in [-0.25, -0.2) is 4.98 Å². The first-order valence-electron chi connectivity index (χ1n) is 13.1. The Hall–Kier alpha value is -3.53. The first-order chi connectivity index (χ1) is 18.2. The molecule has 0 aliphatic carbocycles. The molecule has 3 N–H and O–H groups in total. The largest absolute Gasteiger partial charge is 0.391 e. The molecule has 2 aliphatic rings. The van der Waals surface area contributed by atoms with Crippen molar-refractivity contribution in [1.29, 1.82) is 0 Å². The van der Waals surface area contributed by atoms with Crippen LogP contribution in [0.3, 0.4) is 0 Å². The predicted molar refractivity (Wildman–Crippen MR) is 142 cm³/mol. The lowest BCUT2D eigenvalue weighted by atomic mass is 10.00. The summed E-state index contributed by atoms with van der Waals surface area (Å²) in [5.74, 6) is -0.645. The van der Waals surface area contributed by atoms with E-state index in [1.165, 1.54) is 4.90 Å². The average Bonchev–Trinajstić information content (AvgIpc) is 3.60. The number of carbonyl (C=O) groups excluding carboxylic acids is 2. The molecule has 3 heterocycles. The second-order valence-electron chi connectivity index (χ2n) is 10.6. The number of fused-ring (bicyclic) bond motifs is 1. The third-order valence-electron chi connectivity index (χ3n) is 7.64. The van der Waals surface area contributed by atoms with Crippen LogP contribution in [0.25, 0.3) is 11.3 Å². The van der Waals surface area contributed by atoms with Gasteiger partial charge < -0.3 is 25.0 Å². The number of aryl methyl sites for hydroxylation is 1. The zero-order chi connectivity index (χ0) is 27.0. The number of aliphatic hydroxyl groups excluding tert-OH is 2. The Balaban J connectivity index is 1.27. The van der Waals surface area contributed by atoms with Crippen molar-refractivity contribution in [2.75, 3.05) is 6.54 Å². The molecule has 1 aromatic heterocycles. The van der Waals surface area contributed by atoms with Gasteiger partial charge >= 0.3 is 0 Å². The number of hydrogen-bond donors (Lipinski definition) is 3. The lowest BCUT2D eigenvalue weighted by Gasteiger charge is -2.36. The second-order valence-corrected chi connectivity index (χ2v) is 10.6. The maximum Gasteiger partial charge on any atom is 0.243 e.